The van der Waals surface area contributed by atoms with Crippen molar-refractivity contribution in [2.24, 2.45) is 0 Å². The number of rotatable bonds is 6. The molecule has 31 heavy (non-hydrogen) atoms. The molecule has 10 heteroatoms. The van der Waals surface area contributed by atoms with Gasteiger partial charge in [0, 0.05) is 38.3 Å². The van der Waals surface area contributed by atoms with Crippen LogP contribution in [0.4, 0.5) is 15.2 Å². The van der Waals surface area contributed by atoms with Crippen LogP contribution in [0, 0.1) is 5.82 Å². The molecular formula is C21H23FN4O3S2. The van der Waals surface area contributed by atoms with E-state index in [9.17, 15) is 17.6 Å². The van der Waals surface area contributed by atoms with Crippen molar-refractivity contribution in [2.45, 2.75) is 11.3 Å². The Balaban J connectivity index is 1.38. The molecule has 7 nitrogen and oxygen atoms in total. The summed E-state index contributed by atoms with van der Waals surface area (Å²) in [4.78, 5) is 21.6. The van der Waals surface area contributed by atoms with Crippen molar-refractivity contribution in [3.63, 3.8) is 0 Å². The van der Waals surface area contributed by atoms with E-state index in [0.717, 1.165) is 53.7 Å². The Morgan fingerprint density at radius 1 is 1.13 bits per heavy atom. The summed E-state index contributed by atoms with van der Waals surface area (Å²) < 4.78 is 38.6. The molecule has 4 rings (SSSR count). The highest BCUT2D eigenvalue weighted by Gasteiger charge is 2.19. The Kier molecular flexibility index (Phi) is 6.22. The molecule has 1 aromatic heterocycles. The van der Waals surface area contributed by atoms with E-state index in [0.29, 0.717) is 5.69 Å². The van der Waals surface area contributed by atoms with Crippen LogP contribution in [0.3, 0.4) is 0 Å². The number of piperazine rings is 1. The van der Waals surface area contributed by atoms with Crippen LogP contribution < -0.4 is 10.2 Å². The van der Waals surface area contributed by atoms with Crippen LogP contribution in [0.1, 0.15) is 6.42 Å². The van der Waals surface area contributed by atoms with Gasteiger partial charge in [0.2, 0.25) is 5.91 Å². The lowest BCUT2D eigenvalue weighted by atomic mass is 10.3. The smallest absolute Gasteiger partial charge is 0.225 e. The second-order valence-corrected chi connectivity index (χ2v) is 10.7. The van der Waals surface area contributed by atoms with Crippen LogP contribution in [0.15, 0.2) is 47.4 Å². The van der Waals surface area contributed by atoms with Crippen molar-refractivity contribution in [1.29, 1.82) is 0 Å². The predicted molar refractivity (Wildman–Crippen MR) is 121 cm³/mol. The summed E-state index contributed by atoms with van der Waals surface area (Å²) in [6.45, 7) is 3.86. The average molecular weight is 463 g/mol. The number of anilines is 2. The van der Waals surface area contributed by atoms with E-state index in [1.807, 2.05) is 12.1 Å². The second-order valence-electron chi connectivity index (χ2n) is 7.54. The third-order valence-corrected chi connectivity index (χ3v) is 8.02. The van der Waals surface area contributed by atoms with Crippen molar-refractivity contribution < 1.29 is 17.6 Å². The largest absolute Gasteiger partial charge is 0.345 e. The maximum Gasteiger partial charge on any atom is 0.225 e. The molecule has 0 radical (unpaired) electrons. The molecule has 1 aliphatic rings. The minimum absolute atomic E-state index is 0.00390. The van der Waals surface area contributed by atoms with E-state index in [4.69, 9.17) is 4.98 Å². The van der Waals surface area contributed by atoms with E-state index in [1.54, 1.807) is 17.4 Å². The van der Waals surface area contributed by atoms with Gasteiger partial charge in [-0.2, -0.15) is 0 Å². The number of thiazole rings is 1. The summed E-state index contributed by atoms with van der Waals surface area (Å²) in [5.74, 6) is -1.25. The molecule has 1 aliphatic heterocycles. The monoisotopic (exact) mass is 462 g/mol. The van der Waals surface area contributed by atoms with Crippen LogP contribution in [-0.2, 0) is 14.6 Å². The molecule has 0 atom stereocenters. The maximum atomic E-state index is 13.0. The number of likely N-dealkylation sites (N-methyl/N-ethyl adjacent to an activating group) is 1. The first-order valence-electron chi connectivity index (χ1n) is 9.92. The highest BCUT2D eigenvalue weighted by molar-refractivity contribution is 7.91. The minimum Gasteiger partial charge on any atom is -0.345 e. The third kappa shape index (κ3) is 5.20. The fraction of sp³-hybridized carbons (Fsp3) is 0.333. The molecular weight excluding hydrogens is 439 g/mol. The summed E-state index contributed by atoms with van der Waals surface area (Å²) in [5, 5.41) is 3.73. The van der Waals surface area contributed by atoms with Gasteiger partial charge in [0.1, 0.15) is 5.82 Å². The summed E-state index contributed by atoms with van der Waals surface area (Å²) in [6.07, 6.45) is -0.188. The van der Waals surface area contributed by atoms with Gasteiger partial charge in [-0.05, 0) is 49.5 Å². The summed E-state index contributed by atoms with van der Waals surface area (Å²) in [7, 11) is -1.55. The molecule has 0 unspecified atom stereocenters. The molecule has 0 saturated carbocycles. The molecule has 1 amide bonds. The van der Waals surface area contributed by atoms with Crippen molar-refractivity contribution in [3.05, 3.63) is 48.3 Å². The Labute approximate surface area is 184 Å². The normalized spacial score (nSPS) is 15.4. The first-order chi connectivity index (χ1) is 14.8. The van der Waals surface area contributed by atoms with Gasteiger partial charge >= 0.3 is 0 Å². The highest BCUT2D eigenvalue weighted by atomic mass is 32.2. The van der Waals surface area contributed by atoms with Crippen molar-refractivity contribution in [3.8, 4) is 0 Å². The molecule has 1 N–H and O–H groups in total. The number of carbonyl (C=O) groups is 1. The van der Waals surface area contributed by atoms with Gasteiger partial charge in [0.15, 0.2) is 15.0 Å². The fourth-order valence-corrected chi connectivity index (χ4v) is 5.63. The van der Waals surface area contributed by atoms with Gasteiger partial charge in [0.05, 0.1) is 20.9 Å². The zero-order chi connectivity index (χ0) is 22.0. The number of aromatic nitrogens is 1. The number of benzene rings is 2. The molecule has 3 aromatic rings. The van der Waals surface area contributed by atoms with Gasteiger partial charge < -0.3 is 15.1 Å². The number of fused-ring (bicyclic) bond motifs is 1. The van der Waals surface area contributed by atoms with Gasteiger partial charge in [0.25, 0.3) is 0 Å². The third-order valence-electron chi connectivity index (χ3n) is 5.21. The van der Waals surface area contributed by atoms with Gasteiger partial charge in [-0.25, -0.2) is 17.8 Å². The molecule has 2 aromatic carbocycles. The van der Waals surface area contributed by atoms with E-state index in [-0.39, 0.29) is 17.1 Å². The molecule has 0 spiro atoms. The second kappa shape index (κ2) is 8.89. The molecule has 2 heterocycles. The Hall–Kier alpha value is -2.56. The molecule has 164 valence electrons. The van der Waals surface area contributed by atoms with Crippen LogP contribution in [-0.4, -0.2) is 63.2 Å². The van der Waals surface area contributed by atoms with Crippen LogP contribution >= 0.6 is 11.3 Å². The zero-order valence-corrected chi connectivity index (χ0v) is 18.7. The highest BCUT2D eigenvalue weighted by Crippen LogP contribution is 2.31. The number of carbonyl (C=O) groups excluding carboxylic acids is 1. The molecule has 1 fully saturated rings. The van der Waals surface area contributed by atoms with Crippen molar-refractivity contribution >= 4 is 48.1 Å². The van der Waals surface area contributed by atoms with Crippen LogP contribution in [0.2, 0.25) is 0 Å². The predicted octanol–water partition coefficient (Wildman–Crippen LogP) is 2.99. The van der Waals surface area contributed by atoms with Crippen molar-refractivity contribution in [2.75, 3.05) is 49.2 Å². The minimum atomic E-state index is -3.66. The number of halogens is 1. The number of nitrogens with one attached hydrogen (secondary N) is 1. The summed E-state index contributed by atoms with van der Waals surface area (Å²) in [6, 6.07) is 10.1. The molecule has 0 aliphatic carbocycles. The quantitative estimate of drug-likeness (QED) is 0.567. The summed E-state index contributed by atoms with van der Waals surface area (Å²) in [5.41, 5.74) is 1.47. The van der Waals surface area contributed by atoms with Crippen LogP contribution in [0.5, 0.6) is 0 Å². The number of amides is 1. The van der Waals surface area contributed by atoms with Crippen LogP contribution in [0.25, 0.3) is 10.2 Å². The van der Waals surface area contributed by atoms with Crippen molar-refractivity contribution in [1.82, 2.24) is 9.88 Å². The van der Waals surface area contributed by atoms with E-state index in [2.05, 4.69) is 22.2 Å². The first-order valence-corrected chi connectivity index (χ1v) is 12.4. The number of hydrogen-bond donors (Lipinski definition) is 1. The van der Waals surface area contributed by atoms with Gasteiger partial charge in [-0.15, -0.1) is 0 Å². The zero-order valence-electron chi connectivity index (χ0n) is 17.0. The van der Waals surface area contributed by atoms with E-state index < -0.39 is 21.6 Å². The molecule has 0 bridgehead atoms. The van der Waals surface area contributed by atoms with Gasteiger partial charge in [-0.3, -0.25) is 4.79 Å². The lowest BCUT2D eigenvalue weighted by Crippen LogP contribution is -2.44. The van der Waals surface area contributed by atoms with E-state index in [1.165, 1.54) is 12.1 Å². The first kappa shape index (κ1) is 21.7. The number of sulfone groups is 1. The fourth-order valence-electron chi connectivity index (χ4n) is 3.33. The average Bonchev–Trinajstić information content (AvgIpc) is 3.16. The lowest BCUT2D eigenvalue weighted by molar-refractivity contribution is -0.115. The molecule has 1 saturated heterocycles. The summed E-state index contributed by atoms with van der Waals surface area (Å²) >= 11 is 1.58. The maximum absolute atomic E-state index is 13.0. The van der Waals surface area contributed by atoms with E-state index >= 15 is 0 Å². The Morgan fingerprint density at radius 2 is 1.84 bits per heavy atom. The number of nitrogens with zero attached hydrogens (tertiary/aromatic N) is 3. The number of hydrogen-bond acceptors (Lipinski definition) is 7. The Morgan fingerprint density at radius 3 is 2.55 bits per heavy atom. The standard InChI is InChI=1S/C21H23FN4O3S2/c1-25-9-11-26(12-10-25)21-24-18-7-4-16(14-19(18)30-21)23-20(27)8-13-31(28,29)17-5-2-15(22)3-6-17/h2-7,14H,8-13H2,1H3,(H,23,27). The SMILES string of the molecule is CN1CCN(c2nc3ccc(NC(=O)CCS(=O)(=O)c4ccc(F)cc4)cc3s2)CC1. The lowest BCUT2D eigenvalue weighted by Gasteiger charge is -2.31. The van der Waals surface area contributed by atoms with Gasteiger partial charge in [-0.1, -0.05) is 11.3 Å². The topological polar surface area (TPSA) is 82.6 Å². The Bertz CT molecular complexity index is 1190.